The Morgan fingerprint density at radius 1 is 1.45 bits per heavy atom. The predicted molar refractivity (Wildman–Crippen MR) is 78.9 cm³/mol. The minimum absolute atomic E-state index is 0.0213. The molecule has 0 spiro atoms. The standard InChI is InChI=1S/C14H11N3O2S/c1-9-10(2)20-14(13(9)7-15)16-8-11-4-3-5-12(6-11)17(18)19/h3-6,8H,1-2H3/b16-8+. The van der Waals surface area contributed by atoms with Crippen LogP contribution in [0.4, 0.5) is 10.7 Å². The number of nitro benzene ring substituents is 1. The third-order valence-corrected chi connectivity index (χ3v) is 4.01. The van der Waals surface area contributed by atoms with Crippen LogP contribution in [0.25, 0.3) is 0 Å². The molecule has 0 saturated heterocycles. The van der Waals surface area contributed by atoms with Crippen LogP contribution in [0.3, 0.4) is 0 Å². The number of hydrogen-bond donors (Lipinski definition) is 0. The molecular weight excluding hydrogens is 274 g/mol. The van der Waals surface area contributed by atoms with Gasteiger partial charge in [0.25, 0.3) is 5.69 Å². The first kappa shape index (κ1) is 13.9. The summed E-state index contributed by atoms with van der Waals surface area (Å²) in [6, 6.07) is 8.35. The SMILES string of the molecule is Cc1sc(/N=C/c2cccc([N+](=O)[O-])c2)c(C#N)c1C. The van der Waals surface area contributed by atoms with Crippen molar-refractivity contribution in [2.24, 2.45) is 4.99 Å². The molecule has 2 rings (SSSR count). The zero-order valence-corrected chi connectivity index (χ0v) is 11.8. The third-order valence-electron chi connectivity index (χ3n) is 2.89. The van der Waals surface area contributed by atoms with E-state index < -0.39 is 4.92 Å². The zero-order chi connectivity index (χ0) is 14.7. The number of nitrogens with zero attached hydrogens (tertiary/aromatic N) is 3. The Morgan fingerprint density at radius 3 is 2.85 bits per heavy atom. The molecule has 0 aliphatic carbocycles. The monoisotopic (exact) mass is 285 g/mol. The summed E-state index contributed by atoms with van der Waals surface area (Å²) in [4.78, 5) is 15.6. The highest BCUT2D eigenvalue weighted by atomic mass is 32.1. The normalized spacial score (nSPS) is 10.7. The van der Waals surface area contributed by atoms with Gasteiger partial charge in [0, 0.05) is 23.2 Å². The molecule has 0 amide bonds. The first-order valence-electron chi connectivity index (χ1n) is 5.81. The van der Waals surface area contributed by atoms with Crippen molar-refractivity contribution in [1.82, 2.24) is 0 Å². The molecule has 0 aliphatic rings. The van der Waals surface area contributed by atoms with Crippen molar-refractivity contribution in [3.63, 3.8) is 0 Å². The second kappa shape index (κ2) is 5.63. The van der Waals surface area contributed by atoms with Crippen molar-refractivity contribution < 1.29 is 4.92 Å². The lowest BCUT2D eigenvalue weighted by molar-refractivity contribution is -0.384. The Balaban J connectivity index is 2.35. The molecule has 1 aromatic carbocycles. The lowest BCUT2D eigenvalue weighted by Gasteiger charge is -1.94. The molecule has 0 aliphatic heterocycles. The van der Waals surface area contributed by atoms with Crippen molar-refractivity contribution in [2.45, 2.75) is 13.8 Å². The molecule has 0 unspecified atom stereocenters. The van der Waals surface area contributed by atoms with E-state index >= 15 is 0 Å². The zero-order valence-electron chi connectivity index (χ0n) is 11.0. The van der Waals surface area contributed by atoms with Gasteiger partial charge in [0.1, 0.15) is 11.1 Å². The number of aliphatic imine (C=N–C) groups is 1. The van der Waals surface area contributed by atoms with E-state index in [4.69, 9.17) is 5.26 Å². The third kappa shape index (κ3) is 2.73. The average molecular weight is 285 g/mol. The van der Waals surface area contributed by atoms with Crippen molar-refractivity contribution >= 4 is 28.2 Å². The number of thiophene rings is 1. The quantitative estimate of drug-likeness (QED) is 0.487. The number of hydrogen-bond acceptors (Lipinski definition) is 5. The van der Waals surface area contributed by atoms with Crippen molar-refractivity contribution in [2.75, 3.05) is 0 Å². The molecule has 1 heterocycles. The highest BCUT2D eigenvalue weighted by molar-refractivity contribution is 7.16. The van der Waals surface area contributed by atoms with E-state index in [2.05, 4.69) is 11.1 Å². The fourth-order valence-corrected chi connectivity index (χ4v) is 2.63. The van der Waals surface area contributed by atoms with Crippen LogP contribution in [-0.4, -0.2) is 11.1 Å². The smallest absolute Gasteiger partial charge is 0.258 e. The number of nitro groups is 1. The molecule has 0 radical (unpaired) electrons. The van der Waals surface area contributed by atoms with Crippen LogP contribution < -0.4 is 0 Å². The Kier molecular flexibility index (Phi) is 3.91. The Labute approximate surface area is 120 Å². The number of nitriles is 1. The molecule has 1 aromatic heterocycles. The lowest BCUT2D eigenvalue weighted by atomic mass is 10.2. The summed E-state index contributed by atoms with van der Waals surface area (Å²) < 4.78 is 0. The summed E-state index contributed by atoms with van der Waals surface area (Å²) in [6.07, 6.45) is 1.54. The minimum Gasteiger partial charge on any atom is -0.258 e. The van der Waals surface area contributed by atoms with Crippen LogP contribution in [0.15, 0.2) is 29.3 Å². The van der Waals surface area contributed by atoms with Crippen LogP contribution in [0, 0.1) is 35.3 Å². The van der Waals surface area contributed by atoms with E-state index in [-0.39, 0.29) is 5.69 Å². The molecule has 0 saturated carbocycles. The van der Waals surface area contributed by atoms with Crippen LogP contribution in [0.5, 0.6) is 0 Å². The minimum atomic E-state index is -0.447. The van der Waals surface area contributed by atoms with E-state index in [1.807, 2.05) is 13.8 Å². The molecule has 2 aromatic rings. The average Bonchev–Trinajstić information content (AvgIpc) is 2.71. The molecule has 0 bridgehead atoms. The van der Waals surface area contributed by atoms with Crippen LogP contribution >= 0.6 is 11.3 Å². The molecule has 0 N–H and O–H groups in total. The predicted octanol–water partition coefficient (Wildman–Crippen LogP) is 3.90. The van der Waals surface area contributed by atoms with Gasteiger partial charge < -0.3 is 0 Å². The molecule has 6 heteroatoms. The lowest BCUT2D eigenvalue weighted by Crippen LogP contribution is -1.89. The van der Waals surface area contributed by atoms with Gasteiger partial charge in [-0.2, -0.15) is 5.26 Å². The fraction of sp³-hybridized carbons (Fsp3) is 0.143. The summed E-state index contributed by atoms with van der Waals surface area (Å²) in [5.74, 6) is 0. The number of rotatable bonds is 3. The van der Waals surface area contributed by atoms with Gasteiger partial charge in [-0.25, -0.2) is 4.99 Å². The van der Waals surface area contributed by atoms with Crippen molar-refractivity contribution in [3.05, 3.63) is 55.9 Å². The molecular formula is C14H11N3O2S. The first-order valence-corrected chi connectivity index (χ1v) is 6.63. The number of aryl methyl sites for hydroxylation is 1. The van der Waals surface area contributed by atoms with Gasteiger partial charge in [-0.3, -0.25) is 10.1 Å². The maximum absolute atomic E-state index is 10.7. The molecule has 5 nitrogen and oxygen atoms in total. The Bertz CT molecular complexity index is 741. The maximum Gasteiger partial charge on any atom is 0.270 e. The van der Waals surface area contributed by atoms with Crippen LogP contribution in [0.1, 0.15) is 21.6 Å². The highest BCUT2D eigenvalue weighted by Gasteiger charge is 2.11. The van der Waals surface area contributed by atoms with Gasteiger partial charge in [0.15, 0.2) is 0 Å². The van der Waals surface area contributed by atoms with Gasteiger partial charge in [-0.05, 0) is 25.0 Å². The van der Waals surface area contributed by atoms with Crippen LogP contribution in [-0.2, 0) is 0 Å². The van der Waals surface area contributed by atoms with Crippen molar-refractivity contribution in [3.8, 4) is 6.07 Å². The van der Waals surface area contributed by atoms with Gasteiger partial charge >= 0.3 is 0 Å². The van der Waals surface area contributed by atoms with Gasteiger partial charge in [0.05, 0.1) is 10.5 Å². The van der Waals surface area contributed by atoms with E-state index in [0.717, 1.165) is 10.4 Å². The molecule has 0 atom stereocenters. The van der Waals surface area contributed by atoms with E-state index in [1.165, 1.54) is 23.5 Å². The highest BCUT2D eigenvalue weighted by Crippen LogP contribution is 2.33. The topological polar surface area (TPSA) is 79.3 Å². The summed E-state index contributed by atoms with van der Waals surface area (Å²) in [6.45, 7) is 3.82. The van der Waals surface area contributed by atoms with E-state index in [9.17, 15) is 10.1 Å². The summed E-state index contributed by atoms with van der Waals surface area (Å²) in [5.41, 5.74) is 2.15. The Hall–Kier alpha value is -2.52. The molecule has 100 valence electrons. The van der Waals surface area contributed by atoms with Gasteiger partial charge in [-0.1, -0.05) is 12.1 Å². The molecule has 20 heavy (non-hydrogen) atoms. The first-order chi connectivity index (χ1) is 9.52. The molecule has 0 fully saturated rings. The van der Waals surface area contributed by atoms with E-state index in [1.54, 1.807) is 18.3 Å². The van der Waals surface area contributed by atoms with Gasteiger partial charge in [0.2, 0.25) is 0 Å². The largest absolute Gasteiger partial charge is 0.270 e. The summed E-state index contributed by atoms with van der Waals surface area (Å²) in [7, 11) is 0. The number of non-ortho nitro benzene ring substituents is 1. The second-order valence-corrected chi connectivity index (χ2v) is 5.39. The van der Waals surface area contributed by atoms with Crippen LogP contribution in [0.2, 0.25) is 0 Å². The maximum atomic E-state index is 10.7. The van der Waals surface area contributed by atoms with E-state index in [0.29, 0.717) is 16.1 Å². The Morgan fingerprint density at radius 2 is 2.20 bits per heavy atom. The second-order valence-electron chi connectivity index (χ2n) is 4.19. The fourth-order valence-electron chi connectivity index (χ4n) is 1.68. The summed E-state index contributed by atoms with van der Waals surface area (Å²) in [5, 5.41) is 20.4. The van der Waals surface area contributed by atoms with Crippen molar-refractivity contribution in [1.29, 1.82) is 5.26 Å². The van der Waals surface area contributed by atoms with Gasteiger partial charge in [-0.15, -0.1) is 11.3 Å². The number of benzene rings is 1. The summed E-state index contributed by atoms with van der Waals surface area (Å²) >= 11 is 1.44.